The third-order valence-corrected chi connectivity index (χ3v) is 5.50. The predicted molar refractivity (Wildman–Crippen MR) is 113 cm³/mol. The van der Waals surface area contributed by atoms with Gasteiger partial charge in [0, 0.05) is 43.8 Å². The summed E-state index contributed by atoms with van der Waals surface area (Å²) in [6, 6.07) is 5.62. The summed E-state index contributed by atoms with van der Waals surface area (Å²) in [6.45, 7) is 5.36. The van der Waals surface area contributed by atoms with Crippen LogP contribution in [0, 0.1) is 6.92 Å². The minimum atomic E-state index is -0.210. The molecule has 30 heavy (non-hydrogen) atoms. The zero-order chi connectivity index (χ0) is 20.7. The zero-order valence-electron chi connectivity index (χ0n) is 16.5. The number of nitrogens with zero attached hydrogens (tertiary/aromatic N) is 4. The number of hydrogen-bond donors (Lipinski definition) is 2. The van der Waals surface area contributed by atoms with E-state index in [4.69, 9.17) is 21.1 Å². The first-order valence-corrected chi connectivity index (χ1v) is 10.2. The predicted octanol–water partition coefficient (Wildman–Crippen LogP) is 2.92. The molecule has 0 aliphatic carbocycles. The van der Waals surface area contributed by atoms with Crippen LogP contribution in [-0.4, -0.2) is 56.9 Å². The maximum absolute atomic E-state index is 9.50. The van der Waals surface area contributed by atoms with Gasteiger partial charge >= 0.3 is 0 Å². The Morgan fingerprint density at radius 2 is 2.00 bits per heavy atom. The lowest BCUT2D eigenvalue weighted by Gasteiger charge is -2.35. The van der Waals surface area contributed by atoms with E-state index in [1.54, 1.807) is 6.20 Å². The second-order valence-corrected chi connectivity index (χ2v) is 7.98. The number of aliphatic hydroxyl groups is 1. The summed E-state index contributed by atoms with van der Waals surface area (Å²) in [6.07, 6.45) is 5.42. The molecule has 0 saturated carbocycles. The molecule has 8 nitrogen and oxygen atoms in total. The summed E-state index contributed by atoms with van der Waals surface area (Å²) in [4.78, 5) is 11.1. The Bertz CT molecular complexity index is 1080. The molecular weight excluding hydrogens is 406 g/mol. The van der Waals surface area contributed by atoms with E-state index in [-0.39, 0.29) is 6.10 Å². The number of likely N-dealkylation sites (tertiary alicyclic amines) is 1. The van der Waals surface area contributed by atoms with Crippen molar-refractivity contribution in [2.75, 3.05) is 31.6 Å². The monoisotopic (exact) mass is 427 g/mol. The number of aliphatic hydroxyl groups excluding tert-OH is 1. The van der Waals surface area contributed by atoms with Gasteiger partial charge in [-0.05, 0) is 30.2 Å². The Labute approximate surface area is 179 Å². The maximum atomic E-state index is 9.50. The molecule has 0 spiro atoms. The lowest BCUT2D eigenvalue weighted by Crippen LogP contribution is -2.49. The molecule has 0 amide bonds. The first-order chi connectivity index (χ1) is 14.5. The van der Waals surface area contributed by atoms with E-state index in [9.17, 15) is 5.11 Å². The van der Waals surface area contributed by atoms with Gasteiger partial charge in [-0.25, -0.2) is 4.98 Å². The summed E-state index contributed by atoms with van der Waals surface area (Å²) >= 11 is 6.40. The number of hydrogen-bond acceptors (Lipinski definition) is 7. The fraction of sp³-hybridized carbons (Fsp3) is 0.333. The molecule has 3 aromatic rings. The average molecular weight is 428 g/mol. The van der Waals surface area contributed by atoms with Crippen LogP contribution in [0.5, 0.6) is 11.5 Å². The zero-order valence-corrected chi connectivity index (χ0v) is 17.3. The van der Waals surface area contributed by atoms with Gasteiger partial charge in [-0.3, -0.25) is 4.90 Å². The highest BCUT2D eigenvalue weighted by Gasteiger charge is 2.25. The minimum absolute atomic E-state index is 0.210. The van der Waals surface area contributed by atoms with Crippen molar-refractivity contribution >= 4 is 23.2 Å². The van der Waals surface area contributed by atoms with E-state index in [1.165, 1.54) is 5.56 Å². The van der Waals surface area contributed by atoms with Crippen molar-refractivity contribution in [1.82, 2.24) is 19.4 Å². The van der Waals surface area contributed by atoms with E-state index in [0.717, 1.165) is 23.5 Å². The number of ether oxygens (including phenoxy) is 2. The number of nitrogens with one attached hydrogen (secondary N) is 1. The van der Waals surface area contributed by atoms with Gasteiger partial charge in [0.1, 0.15) is 18.2 Å². The molecule has 1 aromatic carbocycles. The average Bonchev–Trinajstić information content (AvgIpc) is 3.08. The molecule has 2 aromatic heterocycles. The van der Waals surface area contributed by atoms with Crippen LogP contribution in [0.4, 0.5) is 11.6 Å². The maximum Gasteiger partial charge on any atom is 0.229 e. The summed E-state index contributed by atoms with van der Waals surface area (Å²) in [5.41, 5.74) is 3.12. The number of fused-ring (bicyclic) bond motifs is 1. The number of aromatic nitrogens is 3. The first kappa shape index (κ1) is 19.2. The van der Waals surface area contributed by atoms with Crippen LogP contribution in [0.2, 0.25) is 5.02 Å². The molecule has 1 fully saturated rings. The van der Waals surface area contributed by atoms with Crippen LogP contribution < -0.4 is 14.8 Å². The number of halogens is 1. The summed E-state index contributed by atoms with van der Waals surface area (Å²) < 4.78 is 13.1. The Hall–Kier alpha value is -2.81. The SMILES string of the molecule is Cc1cn(-c2nc(Nc3ccc4c(c3)OCCO4)ncc2Cl)cc1CN1CC(O)C1. The van der Waals surface area contributed by atoms with Crippen molar-refractivity contribution in [3.05, 3.63) is 52.9 Å². The lowest BCUT2D eigenvalue weighted by atomic mass is 10.1. The third kappa shape index (κ3) is 3.81. The summed E-state index contributed by atoms with van der Waals surface area (Å²) in [5.74, 6) is 2.46. The Morgan fingerprint density at radius 3 is 2.80 bits per heavy atom. The second-order valence-electron chi connectivity index (χ2n) is 7.57. The molecule has 2 N–H and O–H groups in total. The second kappa shape index (κ2) is 7.79. The topological polar surface area (TPSA) is 84.7 Å². The standard InChI is InChI=1S/C21H22ClN5O3/c1-13-8-27(10-14(13)9-26-11-16(28)12-26)20-17(22)7-23-21(25-20)24-15-2-3-18-19(6-15)30-5-4-29-18/h2-3,6-8,10,16,28H,4-5,9,11-12H2,1H3,(H,23,24,25). The van der Waals surface area contributed by atoms with Crippen LogP contribution in [0.1, 0.15) is 11.1 Å². The number of rotatable bonds is 5. The van der Waals surface area contributed by atoms with Gasteiger partial charge in [0.2, 0.25) is 5.95 Å². The van der Waals surface area contributed by atoms with Crippen LogP contribution in [0.15, 0.2) is 36.8 Å². The summed E-state index contributed by atoms with van der Waals surface area (Å²) in [7, 11) is 0. The van der Waals surface area contributed by atoms with Crippen molar-refractivity contribution in [2.45, 2.75) is 19.6 Å². The molecule has 2 aliphatic heterocycles. The smallest absolute Gasteiger partial charge is 0.229 e. The normalized spacial score (nSPS) is 16.4. The van der Waals surface area contributed by atoms with Gasteiger partial charge < -0.3 is 24.5 Å². The van der Waals surface area contributed by atoms with Crippen LogP contribution in [0.3, 0.4) is 0 Å². The fourth-order valence-corrected chi connectivity index (χ4v) is 3.84. The molecule has 156 valence electrons. The Balaban J connectivity index is 1.37. The molecule has 0 radical (unpaired) electrons. The third-order valence-electron chi connectivity index (χ3n) is 5.23. The van der Waals surface area contributed by atoms with Crippen molar-refractivity contribution in [3.8, 4) is 17.3 Å². The van der Waals surface area contributed by atoms with E-state index < -0.39 is 0 Å². The van der Waals surface area contributed by atoms with Gasteiger partial charge in [0.25, 0.3) is 0 Å². The van der Waals surface area contributed by atoms with Crippen molar-refractivity contribution in [3.63, 3.8) is 0 Å². The van der Waals surface area contributed by atoms with Crippen LogP contribution >= 0.6 is 11.6 Å². The number of β-amino-alcohol motifs (C(OH)–C–C–N with tert-alkyl or cyclic N) is 1. The molecule has 4 heterocycles. The quantitative estimate of drug-likeness (QED) is 0.647. The number of aryl methyl sites for hydroxylation is 1. The van der Waals surface area contributed by atoms with E-state index in [2.05, 4.69) is 27.1 Å². The van der Waals surface area contributed by atoms with Crippen molar-refractivity contribution < 1.29 is 14.6 Å². The Morgan fingerprint density at radius 1 is 1.20 bits per heavy atom. The lowest BCUT2D eigenvalue weighted by molar-refractivity contribution is -0.00295. The number of benzene rings is 1. The fourth-order valence-electron chi connectivity index (χ4n) is 3.65. The first-order valence-electron chi connectivity index (χ1n) is 9.82. The van der Waals surface area contributed by atoms with Crippen molar-refractivity contribution in [2.24, 2.45) is 0 Å². The van der Waals surface area contributed by atoms with Gasteiger partial charge in [0.05, 0.1) is 12.3 Å². The molecule has 5 rings (SSSR count). The van der Waals surface area contributed by atoms with E-state index >= 15 is 0 Å². The molecule has 0 atom stereocenters. The van der Waals surface area contributed by atoms with Crippen LogP contribution in [-0.2, 0) is 6.54 Å². The summed E-state index contributed by atoms with van der Waals surface area (Å²) in [5, 5.41) is 13.2. The highest BCUT2D eigenvalue weighted by atomic mass is 35.5. The Kier molecular flexibility index (Phi) is 4.98. The molecule has 0 bridgehead atoms. The van der Waals surface area contributed by atoms with Crippen molar-refractivity contribution in [1.29, 1.82) is 0 Å². The highest BCUT2D eigenvalue weighted by molar-refractivity contribution is 6.32. The van der Waals surface area contributed by atoms with E-state index in [1.807, 2.05) is 35.2 Å². The molecular formula is C21H22ClN5O3. The molecule has 9 heteroatoms. The largest absolute Gasteiger partial charge is 0.486 e. The molecule has 1 saturated heterocycles. The van der Waals surface area contributed by atoms with E-state index in [0.29, 0.717) is 48.8 Å². The minimum Gasteiger partial charge on any atom is -0.486 e. The van der Waals surface area contributed by atoms with Gasteiger partial charge in [-0.1, -0.05) is 11.6 Å². The molecule has 2 aliphatic rings. The number of anilines is 2. The molecule has 0 unspecified atom stereocenters. The van der Waals surface area contributed by atoms with Crippen LogP contribution in [0.25, 0.3) is 5.82 Å². The van der Waals surface area contributed by atoms with Gasteiger partial charge in [-0.15, -0.1) is 0 Å². The van der Waals surface area contributed by atoms with Gasteiger partial charge in [-0.2, -0.15) is 4.98 Å². The van der Waals surface area contributed by atoms with Gasteiger partial charge in [0.15, 0.2) is 17.3 Å². The highest BCUT2D eigenvalue weighted by Crippen LogP contribution is 2.33.